The predicted molar refractivity (Wildman–Crippen MR) is 105 cm³/mol. The number of aromatic nitrogens is 2. The van der Waals surface area contributed by atoms with Crippen LogP contribution < -0.4 is 10.6 Å². The molecule has 0 radical (unpaired) electrons. The molecule has 0 saturated heterocycles. The summed E-state index contributed by atoms with van der Waals surface area (Å²) in [5, 5.41) is 11.1. The van der Waals surface area contributed by atoms with E-state index in [4.69, 9.17) is 5.10 Å². The van der Waals surface area contributed by atoms with Crippen molar-refractivity contribution in [3.63, 3.8) is 0 Å². The molecular weight excluding hydrogens is 348 g/mol. The molecule has 1 aromatic heterocycles. The van der Waals surface area contributed by atoms with E-state index < -0.39 is 0 Å². The van der Waals surface area contributed by atoms with E-state index in [1.54, 1.807) is 0 Å². The molecule has 2 heterocycles. The number of nitrogens with one attached hydrogen (secondary N) is 2. The Morgan fingerprint density at radius 1 is 1.27 bits per heavy atom. The molecular formula is C20H25ClN4O. The lowest BCUT2D eigenvalue weighted by Gasteiger charge is -2.14. The first kappa shape index (κ1) is 18.7. The molecule has 1 aliphatic heterocycles. The summed E-state index contributed by atoms with van der Waals surface area (Å²) in [6.45, 7) is 4.58. The summed E-state index contributed by atoms with van der Waals surface area (Å²) in [6.07, 6.45) is 6.18. The molecule has 0 atom stereocenters. The Hall–Kier alpha value is -2.11. The number of aryl methyl sites for hydroxylation is 1. The van der Waals surface area contributed by atoms with Crippen LogP contribution in [-0.4, -0.2) is 35.3 Å². The van der Waals surface area contributed by atoms with Crippen molar-refractivity contribution in [3.8, 4) is 5.69 Å². The molecule has 0 spiro atoms. The number of carbonyl (C=O) groups excluding carboxylic acids is 1. The van der Waals surface area contributed by atoms with Crippen LogP contribution in [0, 0.1) is 6.92 Å². The van der Waals surface area contributed by atoms with Gasteiger partial charge in [-0.3, -0.25) is 4.79 Å². The molecule has 4 rings (SSSR count). The van der Waals surface area contributed by atoms with E-state index in [0.717, 1.165) is 50.0 Å². The van der Waals surface area contributed by atoms with E-state index in [0.29, 0.717) is 12.2 Å². The molecule has 1 aromatic carbocycles. The quantitative estimate of drug-likeness (QED) is 0.811. The molecule has 0 unspecified atom stereocenters. The third-order valence-corrected chi connectivity index (χ3v) is 5.12. The van der Waals surface area contributed by atoms with Crippen molar-refractivity contribution >= 4 is 18.3 Å². The van der Waals surface area contributed by atoms with Crippen LogP contribution in [0.2, 0.25) is 0 Å². The average molecular weight is 373 g/mol. The lowest BCUT2D eigenvalue weighted by Crippen LogP contribution is -2.30. The molecule has 2 aliphatic rings. The van der Waals surface area contributed by atoms with E-state index in [9.17, 15) is 4.79 Å². The monoisotopic (exact) mass is 372 g/mol. The number of amides is 1. The minimum absolute atomic E-state index is 0. The molecule has 0 bridgehead atoms. The van der Waals surface area contributed by atoms with Gasteiger partial charge < -0.3 is 10.6 Å². The van der Waals surface area contributed by atoms with Crippen LogP contribution in [0.3, 0.4) is 0 Å². The van der Waals surface area contributed by atoms with E-state index in [2.05, 4.69) is 35.8 Å². The summed E-state index contributed by atoms with van der Waals surface area (Å²) in [5.74, 6) is -0.0510. The fourth-order valence-corrected chi connectivity index (χ4v) is 3.73. The molecule has 1 amide bonds. The predicted octanol–water partition coefficient (Wildman–Crippen LogP) is 2.74. The number of fused-ring (bicyclic) bond motifs is 1. The van der Waals surface area contributed by atoms with E-state index in [-0.39, 0.29) is 18.3 Å². The summed E-state index contributed by atoms with van der Waals surface area (Å²) in [6, 6.07) is 8.21. The van der Waals surface area contributed by atoms with Gasteiger partial charge in [0, 0.05) is 24.3 Å². The Morgan fingerprint density at radius 2 is 2.12 bits per heavy atom. The van der Waals surface area contributed by atoms with Crippen LogP contribution >= 0.6 is 12.4 Å². The Morgan fingerprint density at radius 3 is 2.88 bits per heavy atom. The molecule has 0 fully saturated rings. The van der Waals surface area contributed by atoms with Crippen LogP contribution in [-0.2, 0) is 12.8 Å². The van der Waals surface area contributed by atoms with Crippen LogP contribution in [0.25, 0.3) is 5.69 Å². The molecule has 26 heavy (non-hydrogen) atoms. The SMILES string of the molecule is Cc1ccccc1-n1nc(C(=O)NCC2=CCNCC2)c2c1CCC2.Cl. The number of rotatable bonds is 4. The van der Waals surface area contributed by atoms with Crippen LogP contribution in [0.4, 0.5) is 0 Å². The van der Waals surface area contributed by atoms with E-state index >= 15 is 0 Å². The standard InChI is InChI=1S/C20H24N4O.ClH/c1-14-5-2-3-7-17(14)24-18-8-4-6-16(18)19(23-24)20(25)22-13-15-9-11-21-12-10-15;/h2-3,5,7,9,21H,4,6,8,10-13H2,1H3,(H,22,25);1H. The van der Waals surface area contributed by atoms with Gasteiger partial charge in [-0.15, -0.1) is 12.4 Å². The maximum atomic E-state index is 12.7. The van der Waals surface area contributed by atoms with Gasteiger partial charge in [0.2, 0.25) is 0 Å². The van der Waals surface area contributed by atoms with Gasteiger partial charge in [-0.25, -0.2) is 4.68 Å². The lowest BCUT2D eigenvalue weighted by molar-refractivity contribution is 0.0950. The number of nitrogens with zero attached hydrogens (tertiary/aromatic N) is 2. The molecule has 2 N–H and O–H groups in total. The van der Waals surface area contributed by atoms with Crippen molar-refractivity contribution in [3.05, 3.63) is 58.4 Å². The summed E-state index contributed by atoms with van der Waals surface area (Å²) in [4.78, 5) is 12.7. The first-order valence-electron chi connectivity index (χ1n) is 9.07. The van der Waals surface area contributed by atoms with Crippen LogP contribution in [0.15, 0.2) is 35.9 Å². The van der Waals surface area contributed by atoms with Gasteiger partial charge in [0.05, 0.1) is 5.69 Å². The van der Waals surface area contributed by atoms with Crippen LogP contribution in [0.5, 0.6) is 0 Å². The maximum absolute atomic E-state index is 12.7. The highest BCUT2D eigenvalue weighted by Crippen LogP contribution is 2.28. The van der Waals surface area contributed by atoms with Gasteiger partial charge in [-0.1, -0.05) is 29.8 Å². The number of hydrogen-bond acceptors (Lipinski definition) is 3. The summed E-state index contributed by atoms with van der Waals surface area (Å²) >= 11 is 0. The van der Waals surface area contributed by atoms with Crippen molar-refractivity contribution < 1.29 is 4.79 Å². The Bertz CT molecular complexity index is 840. The summed E-state index contributed by atoms with van der Waals surface area (Å²) < 4.78 is 1.98. The molecule has 0 saturated carbocycles. The molecule has 138 valence electrons. The number of halogens is 1. The second-order valence-corrected chi connectivity index (χ2v) is 6.82. The zero-order valence-corrected chi connectivity index (χ0v) is 15.9. The fourth-order valence-electron chi connectivity index (χ4n) is 3.73. The minimum atomic E-state index is -0.0510. The first-order chi connectivity index (χ1) is 12.2. The zero-order chi connectivity index (χ0) is 17.2. The van der Waals surface area contributed by atoms with Gasteiger partial charge >= 0.3 is 0 Å². The Kier molecular flexibility index (Phi) is 5.79. The topological polar surface area (TPSA) is 59.0 Å². The Labute approximate surface area is 160 Å². The van der Waals surface area contributed by atoms with Gasteiger partial charge in [0.25, 0.3) is 5.91 Å². The first-order valence-corrected chi connectivity index (χ1v) is 9.07. The van der Waals surface area contributed by atoms with Gasteiger partial charge in [0.1, 0.15) is 0 Å². The maximum Gasteiger partial charge on any atom is 0.272 e. The Balaban J connectivity index is 0.00000196. The number of para-hydroxylation sites is 1. The second-order valence-electron chi connectivity index (χ2n) is 6.82. The van der Waals surface area contributed by atoms with Crippen molar-refractivity contribution in [1.82, 2.24) is 20.4 Å². The normalized spacial score (nSPS) is 15.8. The van der Waals surface area contributed by atoms with E-state index in [1.807, 2.05) is 16.8 Å². The second kappa shape index (κ2) is 8.06. The summed E-state index contributed by atoms with van der Waals surface area (Å²) in [7, 11) is 0. The number of carbonyl (C=O) groups is 1. The zero-order valence-electron chi connectivity index (χ0n) is 15.0. The lowest BCUT2D eigenvalue weighted by atomic mass is 10.1. The number of hydrogen-bond donors (Lipinski definition) is 2. The molecule has 1 aliphatic carbocycles. The van der Waals surface area contributed by atoms with Crippen molar-refractivity contribution in [1.29, 1.82) is 0 Å². The van der Waals surface area contributed by atoms with Gasteiger partial charge in [-0.05, 0) is 50.8 Å². The average Bonchev–Trinajstić information content (AvgIpc) is 3.24. The minimum Gasteiger partial charge on any atom is -0.347 e. The van der Waals surface area contributed by atoms with Crippen LogP contribution in [0.1, 0.15) is 40.2 Å². The fraction of sp³-hybridized carbons (Fsp3) is 0.400. The molecule has 6 heteroatoms. The molecule has 2 aromatic rings. The smallest absolute Gasteiger partial charge is 0.272 e. The van der Waals surface area contributed by atoms with Crippen molar-refractivity contribution in [2.24, 2.45) is 0 Å². The van der Waals surface area contributed by atoms with Crippen molar-refractivity contribution in [2.45, 2.75) is 32.6 Å². The van der Waals surface area contributed by atoms with E-state index in [1.165, 1.54) is 16.8 Å². The summed E-state index contributed by atoms with van der Waals surface area (Å²) in [5.41, 5.74) is 6.46. The van der Waals surface area contributed by atoms with Gasteiger partial charge in [-0.2, -0.15) is 5.10 Å². The third-order valence-electron chi connectivity index (χ3n) is 5.12. The third kappa shape index (κ3) is 3.55. The highest BCUT2D eigenvalue weighted by molar-refractivity contribution is 5.94. The number of benzene rings is 1. The largest absolute Gasteiger partial charge is 0.347 e. The highest BCUT2D eigenvalue weighted by Gasteiger charge is 2.27. The highest BCUT2D eigenvalue weighted by atomic mass is 35.5. The van der Waals surface area contributed by atoms with Gasteiger partial charge in [0.15, 0.2) is 5.69 Å². The van der Waals surface area contributed by atoms with Crippen molar-refractivity contribution in [2.75, 3.05) is 19.6 Å². The molecule has 5 nitrogen and oxygen atoms in total.